The molecule has 6 nitrogen and oxygen atoms in total. The van der Waals surface area contributed by atoms with Crippen molar-refractivity contribution in [2.24, 2.45) is 5.73 Å². The molecule has 0 aromatic rings. The van der Waals surface area contributed by atoms with E-state index >= 15 is 0 Å². The molecule has 0 aromatic heterocycles. The summed E-state index contributed by atoms with van der Waals surface area (Å²) in [4.78, 5) is 19.7. The molecular weight excluding hydrogens is 152 g/mol. The summed E-state index contributed by atoms with van der Waals surface area (Å²) >= 11 is 0. The van der Waals surface area contributed by atoms with Gasteiger partial charge in [0.2, 0.25) is 0 Å². The molecule has 6 heteroatoms. The number of urea groups is 1. The fourth-order valence-electron chi connectivity index (χ4n) is 0.177. The number of aliphatic hydroxyl groups is 2. The van der Waals surface area contributed by atoms with Crippen LogP contribution in [0.25, 0.3) is 0 Å². The number of aliphatic hydroxyl groups excluding tert-OH is 2. The lowest BCUT2D eigenvalue weighted by molar-refractivity contribution is -0.122. The van der Waals surface area contributed by atoms with Crippen molar-refractivity contribution in [2.45, 2.75) is 6.92 Å². The van der Waals surface area contributed by atoms with Gasteiger partial charge in [-0.3, -0.25) is 10.1 Å². The fourth-order valence-corrected chi connectivity index (χ4v) is 0.177. The number of imide groups is 1. The first-order chi connectivity index (χ1) is 5.08. The predicted molar refractivity (Wildman–Crippen MR) is 37.6 cm³/mol. The van der Waals surface area contributed by atoms with Crippen molar-refractivity contribution in [2.75, 3.05) is 13.2 Å². The van der Waals surface area contributed by atoms with Gasteiger partial charge in [-0.15, -0.1) is 0 Å². The van der Waals surface area contributed by atoms with Crippen molar-refractivity contribution in [3.05, 3.63) is 0 Å². The number of carbonyl (C=O) groups is 2. The van der Waals surface area contributed by atoms with Crippen molar-refractivity contribution in [3.63, 3.8) is 0 Å². The summed E-state index contributed by atoms with van der Waals surface area (Å²) in [6.07, 6.45) is 0. The van der Waals surface area contributed by atoms with Gasteiger partial charge >= 0.3 is 6.03 Å². The van der Waals surface area contributed by atoms with Crippen molar-refractivity contribution in [1.29, 1.82) is 0 Å². The molecule has 66 valence electrons. The van der Waals surface area contributed by atoms with Gasteiger partial charge in [0.25, 0.3) is 5.91 Å². The Hall–Kier alpha value is -1.14. The van der Waals surface area contributed by atoms with Gasteiger partial charge < -0.3 is 15.9 Å². The second kappa shape index (κ2) is 8.86. The van der Waals surface area contributed by atoms with Crippen LogP contribution in [0.5, 0.6) is 0 Å². The summed E-state index contributed by atoms with van der Waals surface area (Å²) in [5.74, 6) is -0.794. The number of hydrogen-bond acceptors (Lipinski definition) is 4. The van der Waals surface area contributed by atoms with Crippen LogP contribution in [0.4, 0.5) is 4.79 Å². The summed E-state index contributed by atoms with van der Waals surface area (Å²) in [7, 11) is 0. The van der Waals surface area contributed by atoms with Crippen molar-refractivity contribution in [1.82, 2.24) is 5.32 Å². The Morgan fingerprint density at radius 1 is 1.45 bits per heavy atom. The predicted octanol–water partition coefficient (Wildman–Crippen LogP) is -1.83. The van der Waals surface area contributed by atoms with E-state index in [0.29, 0.717) is 0 Å². The largest absolute Gasteiger partial charge is 0.397 e. The second-order valence-electron chi connectivity index (χ2n) is 1.39. The molecule has 0 aliphatic heterocycles. The molecule has 0 saturated heterocycles. The highest BCUT2D eigenvalue weighted by Gasteiger charge is 1.98. The smallest absolute Gasteiger partial charge is 0.318 e. The molecule has 0 aromatic carbocycles. The minimum absolute atomic E-state index is 0.250. The molecule has 0 rings (SSSR count). The number of amides is 3. The van der Waals surface area contributed by atoms with E-state index in [0.717, 1.165) is 0 Å². The van der Waals surface area contributed by atoms with Crippen LogP contribution in [-0.4, -0.2) is 35.4 Å². The normalized spacial score (nSPS) is 7.55. The zero-order valence-electron chi connectivity index (χ0n) is 6.20. The van der Waals surface area contributed by atoms with Crippen LogP contribution in [0.2, 0.25) is 0 Å². The van der Waals surface area contributed by atoms with Crippen molar-refractivity contribution >= 4 is 11.9 Å². The minimum Gasteiger partial charge on any atom is -0.397 e. The van der Waals surface area contributed by atoms with Gasteiger partial charge in [-0.25, -0.2) is 4.79 Å². The summed E-state index contributed by atoms with van der Waals surface area (Å²) in [6, 6.07) is -0.955. The highest BCUT2D eigenvalue weighted by Crippen LogP contribution is 1.58. The first-order valence-electron chi connectivity index (χ1n) is 2.89. The third-order valence-electron chi connectivity index (χ3n) is 0.406. The van der Waals surface area contributed by atoms with Gasteiger partial charge in [0.05, 0.1) is 0 Å². The fraction of sp³-hybridized carbons (Fsp3) is 0.600. The quantitative estimate of drug-likeness (QED) is 0.365. The van der Waals surface area contributed by atoms with Crippen molar-refractivity contribution in [3.8, 4) is 0 Å². The van der Waals surface area contributed by atoms with Crippen LogP contribution in [-0.2, 0) is 4.79 Å². The molecule has 0 aliphatic carbocycles. The molecule has 0 bridgehead atoms. The van der Waals surface area contributed by atoms with Crippen molar-refractivity contribution < 1.29 is 19.8 Å². The van der Waals surface area contributed by atoms with E-state index < -0.39 is 18.5 Å². The summed E-state index contributed by atoms with van der Waals surface area (Å²) in [5.41, 5.74) is 4.49. The molecule has 0 saturated carbocycles. The van der Waals surface area contributed by atoms with Gasteiger partial charge in [-0.1, -0.05) is 0 Å². The highest BCUT2D eigenvalue weighted by atomic mass is 16.3. The maximum absolute atomic E-state index is 9.96. The second-order valence-corrected chi connectivity index (χ2v) is 1.39. The number of nitrogens with two attached hydrogens (primary N) is 1. The molecule has 11 heavy (non-hydrogen) atoms. The maximum Gasteiger partial charge on any atom is 0.318 e. The molecule has 0 unspecified atom stereocenters. The molecule has 0 heterocycles. The standard InChI is InChI=1S/C3H6N2O3.C2H6O/c4-3(8)5-2(7)1-6;1-2-3/h6H,1H2,(H3,4,5,7,8);3H,2H2,1H3. The number of carbonyl (C=O) groups excluding carboxylic acids is 2. The van der Waals surface area contributed by atoms with Crippen LogP contribution in [0.3, 0.4) is 0 Å². The van der Waals surface area contributed by atoms with Crippen LogP contribution < -0.4 is 11.1 Å². The SMILES string of the molecule is CCO.NC(=O)NC(=O)CO. The summed E-state index contributed by atoms with van der Waals surface area (Å²) in [5, 5.41) is 17.2. The Labute approximate surface area is 64.0 Å². The number of rotatable bonds is 1. The zero-order chi connectivity index (χ0) is 9.28. The van der Waals surface area contributed by atoms with E-state index in [1.165, 1.54) is 0 Å². The zero-order valence-corrected chi connectivity index (χ0v) is 6.20. The lowest BCUT2D eigenvalue weighted by atomic mass is 10.6. The first-order valence-corrected chi connectivity index (χ1v) is 2.89. The Bertz CT molecular complexity index is 126. The molecule has 5 N–H and O–H groups in total. The molecule has 0 atom stereocenters. The van der Waals surface area contributed by atoms with Crippen LogP contribution >= 0.6 is 0 Å². The van der Waals surface area contributed by atoms with E-state index in [2.05, 4.69) is 5.73 Å². The van der Waals surface area contributed by atoms with E-state index in [1.807, 2.05) is 0 Å². The molecular formula is C5H12N2O4. The Balaban J connectivity index is 0. The first kappa shape index (κ1) is 12.5. The average Bonchev–Trinajstić information content (AvgIpc) is 1.88. The van der Waals surface area contributed by atoms with Gasteiger partial charge in [-0.05, 0) is 6.92 Å². The van der Waals surface area contributed by atoms with Gasteiger partial charge in [0.15, 0.2) is 0 Å². The minimum atomic E-state index is -0.955. The monoisotopic (exact) mass is 164 g/mol. The average molecular weight is 164 g/mol. The topological polar surface area (TPSA) is 113 Å². The summed E-state index contributed by atoms with van der Waals surface area (Å²) in [6.45, 7) is 1.21. The lowest BCUT2D eigenvalue weighted by Crippen LogP contribution is -2.36. The Kier molecular flexibility index (Phi) is 10.1. The maximum atomic E-state index is 9.96. The van der Waals surface area contributed by atoms with E-state index in [4.69, 9.17) is 10.2 Å². The Morgan fingerprint density at radius 3 is 1.91 bits per heavy atom. The van der Waals surface area contributed by atoms with Gasteiger partial charge in [-0.2, -0.15) is 0 Å². The van der Waals surface area contributed by atoms with Crippen LogP contribution in [0, 0.1) is 0 Å². The van der Waals surface area contributed by atoms with Gasteiger partial charge in [0.1, 0.15) is 6.61 Å². The molecule has 0 fully saturated rings. The van der Waals surface area contributed by atoms with E-state index in [9.17, 15) is 9.59 Å². The molecule has 0 aliphatic rings. The third kappa shape index (κ3) is 17.7. The molecule has 0 spiro atoms. The lowest BCUT2D eigenvalue weighted by Gasteiger charge is -1.92. The van der Waals surface area contributed by atoms with E-state index in [1.54, 1.807) is 12.2 Å². The number of hydrogen-bond donors (Lipinski definition) is 4. The Morgan fingerprint density at radius 2 is 1.82 bits per heavy atom. The van der Waals surface area contributed by atoms with E-state index in [-0.39, 0.29) is 6.61 Å². The highest BCUT2D eigenvalue weighted by molar-refractivity contribution is 5.93. The van der Waals surface area contributed by atoms with Crippen LogP contribution in [0.15, 0.2) is 0 Å². The third-order valence-corrected chi connectivity index (χ3v) is 0.406. The summed E-state index contributed by atoms with van der Waals surface area (Å²) < 4.78 is 0. The number of nitrogens with one attached hydrogen (secondary N) is 1. The molecule has 3 amide bonds. The molecule has 0 radical (unpaired) electrons. The number of primary amides is 1. The van der Waals surface area contributed by atoms with Gasteiger partial charge in [0, 0.05) is 6.61 Å². The van der Waals surface area contributed by atoms with Crippen LogP contribution in [0.1, 0.15) is 6.92 Å².